The Morgan fingerprint density at radius 3 is 2.20 bits per heavy atom. The molecule has 1 rings (SSSR count). The fraction of sp³-hybridized carbons (Fsp3) is 0.579. The molecule has 0 saturated heterocycles. The molecule has 0 unspecified atom stereocenters. The van der Waals surface area contributed by atoms with Crippen LogP contribution in [0.4, 0.5) is 0 Å². The van der Waals surface area contributed by atoms with Gasteiger partial charge in [0.25, 0.3) is 0 Å². The van der Waals surface area contributed by atoms with E-state index in [-0.39, 0.29) is 42.0 Å². The van der Waals surface area contributed by atoms with Crippen molar-refractivity contribution in [2.45, 2.75) is 53.5 Å². The highest BCUT2D eigenvalue weighted by Crippen LogP contribution is 2.08. The van der Waals surface area contributed by atoms with E-state index in [9.17, 15) is 4.79 Å². The Hall–Kier alpha value is -1.31. The molecule has 0 atom stereocenters. The summed E-state index contributed by atoms with van der Waals surface area (Å²) in [5.41, 5.74) is 3.64. The fourth-order valence-electron chi connectivity index (χ4n) is 2.49. The number of benzene rings is 1. The molecule has 0 fully saturated rings. The van der Waals surface area contributed by atoms with Gasteiger partial charge in [-0.3, -0.25) is 4.79 Å². The molecular weight excluding hydrogens is 427 g/mol. The number of nitrogens with one attached hydrogen (secondary N) is 3. The van der Waals surface area contributed by atoms with Crippen molar-refractivity contribution in [2.24, 2.45) is 4.99 Å². The van der Waals surface area contributed by atoms with E-state index in [1.807, 2.05) is 27.7 Å². The van der Waals surface area contributed by atoms with Gasteiger partial charge in [-0.1, -0.05) is 29.3 Å². The number of aliphatic imine (C=N–C) groups is 1. The number of hydrogen-bond acceptors (Lipinski definition) is 2. The van der Waals surface area contributed by atoms with Crippen LogP contribution in [0.1, 0.15) is 44.4 Å². The molecule has 0 spiro atoms. The van der Waals surface area contributed by atoms with Gasteiger partial charge in [-0.15, -0.1) is 24.0 Å². The minimum absolute atomic E-state index is 0. The molecule has 142 valence electrons. The van der Waals surface area contributed by atoms with E-state index in [0.717, 1.165) is 19.5 Å². The number of aryl methyl sites for hydroxylation is 2. The van der Waals surface area contributed by atoms with Crippen LogP contribution in [-0.2, 0) is 11.2 Å². The second kappa shape index (κ2) is 11.3. The molecule has 1 aromatic rings. The van der Waals surface area contributed by atoms with E-state index in [1.54, 1.807) is 0 Å². The van der Waals surface area contributed by atoms with Gasteiger partial charge in [0.15, 0.2) is 5.96 Å². The van der Waals surface area contributed by atoms with Crippen LogP contribution >= 0.6 is 24.0 Å². The second-order valence-corrected chi connectivity index (χ2v) is 7.17. The summed E-state index contributed by atoms with van der Waals surface area (Å²) in [6.45, 7) is 13.8. The van der Waals surface area contributed by atoms with Crippen LogP contribution < -0.4 is 16.0 Å². The normalized spacial score (nSPS) is 11.5. The topological polar surface area (TPSA) is 65.5 Å². The van der Waals surface area contributed by atoms with Gasteiger partial charge >= 0.3 is 0 Å². The third kappa shape index (κ3) is 11.0. The van der Waals surface area contributed by atoms with E-state index >= 15 is 0 Å². The summed E-state index contributed by atoms with van der Waals surface area (Å²) < 4.78 is 0. The summed E-state index contributed by atoms with van der Waals surface area (Å²) in [6, 6.07) is 6.58. The lowest BCUT2D eigenvalue weighted by molar-refractivity contribution is -0.121. The van der Waals surface area contributed by atoms with Crippen molar-refractivity contribution in [3.63, 3.8) is 0 Å². The molecule has 0 saturated carbocycles. The van der Waals surface area contributed by atoms with Gasteiger partial charge in [0.1, 0.15) is 6.54 Å². The Labute approximate surface area is 169 Å². The number of amides is 1. The molecule has 0 radical (unpaired) electrons. The Balaban J connectivity index is 0.00000576. The van der Waals surface area contributed by atoms with Crippen molar-refractivity contribution in [3.05, 3.63) is 34.9 Å². The number of nitrogens with zero attached hydrogens (tertiary/aromatic N) is 1. The molecule has 0 aromatic heterocycles. The largest absolute Gasteiger partial charge is 0.357 e. The van der Waals surface area contributed by atoms with Crippen LogP contribution in [-0.4, -0.2) is 37.0 Å². The van der Waals surface area contributed by atoms with Crippen molar-refractivity contribution in [1.29, 1.82) is 0 Å². The Morgan fingerprint density at radius 2 is 1.68 bits per heavy atom. The molecule has 1 aromatic carbocycles. The number of halogens is 1. The van der Waals surface area contributed by atoms with Gasteiger partial charge in [0.05, 0.1) is 0 Å². The zero-order valence-corrected chi connectivity index (χ0v) is 18.7. The molecule has 25 heavy (non-hydrogen) atoms. The average molecular weight is 460 g/mol. The van der Waals surface area contributed by atoms with Crippen molar-refractivity contribution in [1.82, 2.24) is 16.0 Å². The monoisotopic (exact) mass is 460 g/mol. The lowest BCUT2D eigenvalue weighted by Gasteiger charge is -2.20. The van der Waals surface area contributed by atoms with Crippen LogP contribution in [0.15, 0.2) is 23.2 Å². The van der Waals surface area contributed by atoms with E-state index in [1.165, 1.54) is 16.7 Å². The van der Waals surface area contributed by atoms with Crippen LogP contribution in [0.2, 0.25) is 0 Å². The first-order valence-corrected chi connectivity index (χ1v) is 8.60. The highest BCUT2D eigenvalue weighted by molar-refractivity contribution is 14.0. The molecular formula is C19H33IN4O. The lowest BCUT2D eigenvalue weighted by Crippen LogP contribution is -2.43. The number of rotatable bonds is 6. The average Bonchev–Trinajstić information content (AvgIpc) is 2.42. The quantitative estimate of drug-likeness (QED) is 0.348. The summed E-state index contributed by atoms with van der Waals surface area (Å²) >= 11 is 0. The van der Waals surface area contributed by atoms with E-state index in [4.69, 9.17) is 0 Å². The van der Waals surface area contributed by atoms with Crippen LogP contribution in [0, 0.1) is 13.8 Å². The smallest absolute Gasteiger partial charge is 0.242 e. The molecule has 0 heterocycles. The summed E-state index contributed by atoms with van der Waals surface area (Å²) in [5, 5.41) is 9.36. The van der Waals surface area contributed by atoms with Gasteiger partial charge in [-0.25, -0.2) is 4.99 Å². The lowest BCUT2D eigenvalue weighted by atomic mass is 10.1. The standard InChI is InChI=1S/C19H32N4O.HI/c1-7-20-18(22-13-17(24)23-19(4,5)6)21-9-8-16-11-14(2)10-15(3)12-16;/h10-12H,7-9,13H2,1-6H3,(H,23,24)(H2,20,21,22);1H. The van der Waals surface area contributed by atoms with Crippen LogP contribution in [0.5, 0.6) is 0 Å². The SMILES string of the molecule is CCNC(=NCC(=O)NC(C)(C)C)NCCc1cc(C)cc(C)c1.I. The van der Waals surface area contributed by atoms with Crippen molar-refractivity contribution < 1.29 is 4.79 Å². The predicted octanol–water partition coefficient (Wildman–Crippen LogP) is 2.93. The second-order valence-electron chi connectivity index (χ2n) is 7.17. The maximum atomic E-state index is 11.9. The molecule has 0 aliphatic carbocycles. The maximum absolute atomic E-state index is 11.9. The summed E-state index contributed by atoms with van der Waals surface area (Å²) in [5.74, 6) is 0.597. The predicted molar refractivity (Wildman–Crippen MR) is 117 cm³/mol. The van der Waals surface area contributed by atoms with Crippen molar-refractivity contribution in [2.75, 3.05) is 19.6 Å². The molecule has 0 bridgehead atoms. The number of carbonyl (C=O) groups excluding carboxylic acids is 1. The van der Waals surface area contributed by atoms with Gasteiger partial charge in [-0.05, 0) is 53.5 Å². The minimum atomic E-state index is -0.235. The molecule has 3 N–H and O–H groups in total. The minimum Gasteiger partial charge on any atom is -0.357 e. The zero-order valence-electron chi connectivity index (χ0n) is 16.3. The molecule has 6 heteroatoms. The zero-order chi connectivity index (χ0) is 18.2. The van der Waals surface area contributed by atoms with Crippen molar-refractivity contribution >= 4 is 35.8 Å². The van der Waals surface area contributed by atoms with Gasteiger partial charge in [0, 0.05) is 18.6 Å². The molecule has 1 amide bonds. The summed E-state index contributed by atoms with van der Waals surface area (Å²) in [6.07, 6.45) is 0.918. The fourth-order valence-corrected chi connectivity index (χ4v) is 2.49. The Morgan fingerprint density at radius 1 is 1.08 bits per heavy atom. The van der Waals surface area contributed by atoms with Gasteiger partial charge in [-0.2, -0.15) is 0 Å². The third-order valence-corrected chi connectivity index (χ3v) is 3.23. The number of guanidine groups is 1. The summed E-state index contributed by atoms with van der Waals surface area (Å²) in [4.78, 5) is 16.2. The van der Waals surface area contributed by atoms with Crippen molar-refractivity contribution in [3.8, 4) is 0 Å². The van der Waals surface area contributed by atoms with Crippen LogP contribution in [0.3, 0.4) is 0 Å². The van der Waals surface area contributed by atoms with E-state index < -0.39 is 0 Å². The Bertz CT molecular complexity index is 559. The molecule has 0 aliphatic heterocycles. The van der Waals surface area contributed by atoms with Gasteiger partial charge < -0.3 is 16.0 Å². The first kappa shape index (κ1) is 23.7. The molecule has 0 aliphatic rings. The Kier molecular flexibility index (Phi) is 10.7. The molecule has 5 nitrogen and oxygen atoms in total. The number of hydrogen-bond donors (Lipinski definition) is 3. The van der Waals surface area contributed by atoms with E-state index in [2.05, 4.69) is 53.0 Å². The highest BCUT2D eigenvalue weighted by atomic mass is 127. The number of carbonyl (C=O) groups is 1. The highest BCUT2D eigenvalue weighted by Gasteiger charge is 2.13. The maximum Gasteiger partial charge on any atom is 0.242 e. The first-order chi connectivity index (χ1) is 11.2. The van der Waals surface area contributed by atoms with E-state index in [0.29, 0.717) is 5.96 Å². The first-order valence-electron chi connectivity index (χ1n) is 8.60. The van der Waals surface area contributed by atoms with Crippen LogP contribution in [0.25, 0.3) is 0 Å². The van der Waals surface area contributed by atoms with Gasteiger partial charge in [0.2, 0.25) is 5.91 Å². The third-order valence-electron chi connectivity index (χ3n) is 3.23. The summed E-state index contributed by atoms with van der Waals surface area (Å²) in [7, 11) is 0.